The Morgan fingerprint density at radius 2 is 2.29 bits per heavy atom. The maximum atomic E-state index is 11.8. The molecular formula is C12H18N4O. The summed E-state index contributed by atoms with van der Waals surface area (Å²) in [6.07, 6.45) is 4.16. The first-order chi connectivity index (χ1) is 8.16. The zero-order valence-corrected chi connectivity index (χ0v) is 10.3. The fourth-order valence-corrected chi connectivity index (χ4v) is 1.62. The lowest BCUT2D eigenvalue weighted by atomic mass is 10.2. The summed E-state index contributed by atoms with van der Waals surface area (Å²) in [5.74, 6) is 0.459. The Hall–Kier alpha value is -1.49. The van der Waals surface area contributed by atoms with E-state index in [9.17, 15) is 4.79 Å². The Bertz CT molecular complexity index is 401. The van der Waals surface area contributed by atoms with E-state index >= 15 is 0 Å². The van der Waals surface area contributed by atoms with Gasteiger partial charge in [0.05, 0.1) is 6.20 Å². The molecule has 1 aromatic rings. The first-order valence-corrected chi connectivity index (χ1v) is 5.92. The average molecular weight is 234 g/mol. The van der Waals surface area contributed by atoms with Crippen molar-refractivity contribution in [1.29, 1.82) is 0 Å². The SMILES string of the molecule is CN(C)CCNC(=O)c1cc(C2CC2)cnn1. The lowest BCUT2D eigenvalue weighted by Crippen LogP contribution is -2.32. The molecule has 1 aliphatic rings. The summed E-state index contributed by atoms with van der Waals surface area (Å²) in [5.41, 5.74) is 1.56. The molecule has 92 valence electrons. The second-order valence-corrected chi connectivity index (χ2v) is 4.71. The smallest absolute Gasteiger partial charge is 0.271 e. The maximum absolute atomic E-state index is 11.8. The first-order valence-electron chi connectivity index (χ1n) is 5.92. The highest BCUT2D eigenvalue weighted by Crippen LogP contribution is 2.39. The van der Waals surface area contributed by atoms with Gasteiger partial charge in [-0.3, -0.25) is 4.79 Å². The van der Waals surface area contributed by atoms with Gasteiger partial charge < -0.3 is 10.2 Å². The van der Waals surface area contributed by atoms with E-state index in [1.807, 2.05) is 25.1 Å². The summed E-state index contributed by atoms with van der Waals surface area (Å²) in [5, 5.41) is 10.6. The molecule has 5 heteroatoms. The predicted molar refractivity (Wildman–Crippen MR) is 64.9 cm³/mol. The van der Waals surface area contributed by atoms with Crippen LogP contribution in [0, 0.1) is 0 Å². The van der Waals surface area contributed by atoms with Gasteiger partial charge >= 0.3 is 0 Å². The van der Waals surface area contributed by atoms with E-state index in [-0.39, 0.29) is 5.91 Å². The van der Waals surface area contributed by atoms with Gasteiger partial charge in [0.15, 0.2) is 5.69 Å². The molecule has 1 fully saturated rings. The molecule has 1 heterocycles. The number of aromatic nitrogens is 2. The van der Waals surface area contributed by atoms with Crippen LogP contribution in [0.15, 0.2) is 12.3 Å². The molecule has 1 aromatic heterocycles. The largest absolute Gasteiger partial charge is 0.349 e. The number of carbonyl (C=O) groups excluding carboxylic acids is 1. The molecule has 0 atom stereocenters. The second kappa shape index (κ2) is 5.23. The number of hydrogen-bond donors (Lipinski definition) is 1. The quantitative estimate of drug-likeness (QED) is 0.812. The molecule has 0 radical (unpaired) electrons. The van der Waals surface area contributed by atoms with Crippen LogP contribution < -0.4 is 5.32 Å². The molecule has 1 saturated carbocycles. The number of hydrogen-bond acceptors (Lipinski definition) is 4. The van der Waals surface area contributed by atoms with Gasteiger partial charge in [0, 0.05) is 13.1 Å². The number of nitrogens with one attached hydrogen (secondary N) is 1. The van der Waals surface area contributed by atoms with E-state index in [4.69, 9.17) is 0 Å². The van der Waals surface area contributed by atoms with Gasteiger partial charge in [-0.05, 0) is 44.5 Å². The third-order valence-electron chi connectivity index (χ3n) is 2.80. The standard InChI is InChI=1S/C12H18N4O/c1-16(2)6-5-13-12(17)11-7-10(8-14-15-11)9-3-4-9/h7-9H,3-6H2,1-2H3,(H,13,17). The third kappa shape index (κ3) is 3.49. The Labute approximate surface area is 101 Å². The number of carbonyl (C=O) groups is 1. The number of amides is 1. The lowest BCUT2D eigenvalue weighted by molar-refractivity contribution is 0.0945. The highest BCUT2D eigenvalue weighted by Gasteiger charge is 2.24. The third-order valence-corrected chi connectivity index (χ3v) is 2.80. The van der Waals surface area contributed by atoms with Crippen LogP contribution in [0.3, 0.4) is 0 Å². The van der Waals surface area contributed by atoms with E-state index in [0.717, 1.165) is 12.1 Å². The van der Waals surface area contributed by atoms with Crippen molar-refractivity contribution in [1.82, 2.24) is 20.4 Å². The molecule has 2 rings (SSSR count). The summed E-state index contributed by atoms with van der Waals surface area (Å²) >= 11 is 0. The summed E-state index contributed by atoms with van der Waals surface area (Å²) in [6, 6.07) is 1.86. The molecule has 0 aromatic carbocycles. The molecule has 1 aliphatic carbocycles. The first kappa shape index (κ1) is 12.0. The van der Waals surface area contributed by atoms with Crippen molar-refractivity contribution in [3.63, 3.8) is 0 Å². The van der Waals surface area contributed by atoms with Gasteiger partial charge in [-0.25, -0.2) is 0 Å². The fraction of sp³-hybridized carbons (Fsp3) is 0.583. The van der Waals surface area contributed by atoms with E-state index in [2.05, 4.69) is 15.5 Å². The maximum Gasteiger partial charge on any atom is 0.271 e. The minimum absolute atomic E-state index is 0.137. The fourth-order valence-electron chi connectivity index (χ4n) is 1.62. The summed E-state index contributed by atoms with van der Waals surface area (Å²) in [4.78, 5) is 13.8. The Morgan fingerprint density at radius 3 is 2.94 bits per heavy atom. The Kier molecular flexibility index (Phi) is 3.68. The molecule has 0 spiro atoms. The van der Waals surface area contributed by atoms with Crippen LogP contribution >= 0.6 is 0 Å². The summed E-state index contributed by atoms with van der Waals surface area (Å²) in [6.45, 7) is 1.45. The highest BCUT2D eigenvalue weighted by molar-refractivity contribution is 5.92. The average Bonchev–Trinajstić information content (AvgIpc) is 3.12. The van der Waals surface area contributed by atoms with E-state index in [0.29, 0.717) is 18.2 Å². The highest BCUT2D eigenvalue weighted by atomic mass is 16.1. The molecule has 1 N–H and O–H groups in total. The van der Waals surface area contributed by atoms with Crippen molar-refractivity contribution < 1.29 is 4.79 Å². The summed E-state index contributed by atoms with van der Waals surface area (Å²) < 4.78 is 0. The molecule has 0 aliphatic heterocycles. The zero-order valence-electron chi connectivity index (χ0n) is 10.3. The van der Waals surface area contributed by atoms with E-state index in [1.165, 1.54) is 12.8 Å². The Morgan fingerprint density at radius 1 is 1.53 bits per heavy atom. The lowest BCUT2D eigenvalue weighted by Gasteiger charge is -2.10. The van der Waals surface area contributed by atoms with Gasteiger partial charge in [0.2, 0.25) is 0 Å². The van der Waals surface area contributed by atoms with Crippen molar-refractivity contribution in [3.05, 3.63) is 23.5 Å². The van der Waals surface area contributed by atoms with E-state index in [1.54, 1.807) is 6.20 Å². The van der Waals surface area contributed by atoms with Crippen LogP contribution in [-0.4, -0.2) is 48.2 Å². The predicted octanol–water partition coefficient (Wildman–Crippen LogP) is 0.645. The van der Waals surface area contributed by atoms with Crippen LogP contribution in [0.1, 0.15) is 34.8 Å². The molecule has 0 unspecified atom stereocenters. The molecule has 5 nitrogen and oxygen atoms in total. The number of rotatable bonds is 5. The normalized spacial score (nSPS) is 15.0. The van der Waals surface area contributed by atoms with E-state index < -0.39 is 0 Å². The molecule has 0 saturated heterocycles. The van der Waals surface area contributed by atoms with Crippen molar-refractivity contribution in [2.75, 3.05) is 27.2 Å². The van der Waals surface area contributed by atoms with Crippen LogP contribution in [0.2, 0.25) is 0 Å². The monoisotopic (exact) mass is 234 g/mol. The van der Waals surface area contributed by atoms with Gasteiger partial charge in [-0.1, -0.05) is 0 Å². The molecular weight excluding hydrogens is 216 g/mol. The van der Waals surface area contributed by atoms with Crippen LogP contribution in [0.4, 0.5) is 0 Å². The molecule has 17 heavy (non-hydrogen) atoms. The minimum atomic E-state index is -0.137. The van der Waals surface area contributed by atoms with Gasteiger partial charge in [0.25, 0.3) is 5.91 Å². The van der Waals surface area contributed by atoms with Crippen molar-refractivity contribution in [3.8, 4) is 0 Å². The van der Waals surface area contributed by atoms with Gasteiger partial charge in [-0.2, -0.15) is 5.10 Å². The van der Waals surface area contributed by atoms with Crippen molar-refractivity contribution in [2.24, 2.45) is 0 Å². The number of likely N-dealkylation sites (N-methyl/N-ethyl adjacent to an activating group) is 1. The minimum Gasteiger partial charge on any atom is -0.349 e. The van der Waals surface area contributed by atoms with Crippen LogP contribution in [0.5, 0.6) is 0 Å². The van der Waals surface area contributed by atoms with Crippen molar-refractivity contribution >= 4 is 5.91 Å². The second-order valence-electron chi connectivity index (χ2n) is 4.71. The molecule has 1 amide bonds. The van der Waals surface area contributed by atoms with Gasteiger partial charge in [0.1, 0.15) is 0 Å². The summed E-state index contributed by atoms with van der Waals surface area (Å²) in [7, 11) is 3.94. The van der Waals surface area contributed by atoms with Crippen LogP contribution in [0.25, 0.3) is 0 Å². The van der Waals surface area contributed by atoms with Gasteiger partial charge in [-0.15, -0.1) is 5.10 Å². The topological polar surface area (TPSA) is 58.1 Å². The van der Waals surface area contributed by atoms with Crippen molar-refractivity contribution in [2.45, 2.75) is 18.8 Å². The zero-order chi connectivity index (χ0) is 12.3. The molecule has 0 bridgehead atoms. The van der Waals surface area contributed by atoms with Crippen LogP contribution in [-0.2, 0) is 0 Å². The number of nitrogens with zero attached hydrogens (tertiary/aromatic N) is 3. The Balaban J connectivity index is 1.91.